The molecule has 234 valence electrons. The highest BCUT2D eigenvalue weighted by atomic mass is 16.6. The Morgan fingerprint density at radius 3 is 2.39 bits per heavy atom. The van der Waals surface area contributed by atoms with E-state index in [2.05, 4.69) is 80.7 Å². The first-order chi connectivity index (χ1) is 20.7. The molecule has 0 aliphatic carbocycles. The summed E-state index contributed by atoms with van der Waals surface area (Å²) < 4.78 is 14.1. The zero-order valence-corrected chi connectivity index (χ0v) is 27.6. The van der Waals surface area contributed by atoms with Crippen LogP contribution in [-0.4, -0.2) is 49.5 Å². The zero-order chi connectivity index (χ0) is 31.7. The van der Waals surface area contributed by atoms with Crippen LogP contribution in [0.15, 0.2) is 60.8 Å². The van der Waals surface area contributed by atoms with E-state index in [0.29, 0.717) is 13.1 Å². The predicted octanol–water partition coefficient (Wildman–Crippen LogP) is 8.20. The van der Waals surface area contributed by atoms with Crippen LogP contribution in [0.25, 0.3) is 22.2 Å². The van der Waals surface area contributed by atoms with Crippen LogP contribution in [0.1, 0.15) is 98.0 Å². The maximum Gasteiger partial charge on any atom is 0.410 e. The quantitative estimate of drug-likeness (QED) is 0.214. The molecule has 1 aliphatic rings. The normalized spacial score (nSPS) is 16.2. The molecule has 0 radical (unpaired) electrons. The van der Waals surface area contributed by atoms with Crippen molar-refractivity contribution in [3.8, 4) is 11.4 Å². The molecule has 4 aromatic rings. The summed E-state index contributed by atoms with van der Waals surface area (Å²) in [7, 11) is 0. The van der Waals surface area contributed by atoms with Crippen LogP contribution in [0.2, 0.25) is 0 Å². The SMILES string of the molecule is CC(C)(C)OC(=O)N(Cc1ccccn1)CC(C)(C)c1cc2ccccc2c(-c2cc(C(C)(C)C)nn2C2CCCCO2)n1. The highest BCUT2D eigenvalue weighted by Gasteiger charge is 2.33. The highest BCUT2D eigenvalue weighted by Crippen LogP contribution is 2.37. The molecule has 0 N–H and O–H groups in total. The molecule has 8 heteroatoms. The number of aromatic nitrogens is 4. The Kier molecular flexibility index (Phi) is 8.85. The smallest absolute Gasteiger partial charge is 0.410 e. The molecule has 1 fully saturated rings. The number of fused-ring (bicyclic) bond motifs is 1. The molecule has 1 aromatic carbocycles. The number of hydrogen-bond donors (Lipinski definition) is 0. The minimum atomic E-state index is -0.623. The van der Waals surface area contributed by atoms with E-state index in [0.717, 1.165) is 65.1 Å². The van der Waals surface area contributed by atoms with Crippen molar-refractivity contribution in [2.24, 2.45) is 0 Å². The lowest BCUT2D eigenvalue weighted by Crippen LogP contribution is -2.43. The van der Waals surface area contributed by atoms with E-state index in [1.54, 1.807) is 11.1 Å². The van der Waals surface area contributed by atoms with Gasteiger partial charge in [-0.1, -0.05) is 65.0 Å². The monoisotopic (exact) mass is 597 g/mol. The van der Waals surface area contributed by atoms with Gasteiger partial charge in [-0.25, -0.2) is 14.5 Å². The molecular formula is C36H47N5O3. The molecule has 1 saturated heterocycles. The first kappa shape index (κ1) is 31.6. The molecule has 4 heterocycles. The number of benzene rings is 1. The molecule has 44 heavy (non-hydrogen) atoms. The number of nitrogens with zero attached hydrogens (tertiary/aromatic N) is 5. The third kappa shape index (κ3) is 7.29. The van der Waals surface area contributed by atoms with Gasteiger partial charge in [0.15, 0.2) is 6.23 Å². The number of carbonyl (C=O) groups is 1. The van der Waals surface area contributed by atoms with Gasteiger partial charge in [0.1, 0.15) is 5.60 Å². The van der Waals surface area contributed by atoms with Crippen LogP contribution in [0, 0.1) is 0 Å². The number of carbonyl (C=O) groups excluding carboxylic acids is 1. The number of ether oxygens (including phenoxy) is 2. The van der Waals surface area contributed by atoms with Crippen LogP contribution in [0.5, 0.6) is 0 Å². The minimum absolute atomic E-state index is 0.131. The molecule has 1 amide bonds. The summed E-state index contributed by atoms with van der Waals surface area (Å²) in [4.78, 5) is 25.1. The van der Waals surface area contributed by atoms with Crippen molar-refractivity contribution >= 4 is 16.9 Å². The summed E-state index contributed by atoms with van der Waals surface area (Å²) in [5, 5.41) is 7.25. The standard InChI is InChI=1S/C36H47N5O3/c1-34(2,3)29-22-28(41(39-29)31-18-12-14-20-43-31)32-27-17-10-9-15-25(27)21-30(38-32)36(7,8)24-40(33(42)44-35(4,5)6)23-26-16-11-13-19-37-26/h9-11,13,15-17,19,21-22,31H,12,14,18,20,23-24H2,1-8H3. The van der Waals surface area contributed by atoms with Crippen LogP contribution in [-0.2, 0) is 26.8 Å². The Labute approximate surface area is 261 Å². The van der Waals surface area contributed by atoms with Crippen LogP contribution >= 0.6 is 0 Å². The van der Waals surface area contributed by atoms with Crippen molar-refractivity contribution in [2.45, 2.75) is 104 Å². The first-order valence-corrected chi connectivity index (χ1v) is 15.7. The Morgan fingerprint density at radius 2 is 1.73 bits per heavy atom. The van der Waals surface area contributed by atoms with E-state index in [9.17, 15) is 4.79 Å². The lowest BCUT2D eigenvalue weighted by molar-refractivity contribution is -0.0387. The van der Waals surface area contributed by atoms with Gasteiger partial charge in [0.2, 0.25) is 0 Å². The molecule has 5 rings (SSSR count). The van der Waals surface area contributed by atoms with E-state index >= 15 is 0 Å². The van der Waals surface area contributed by atoms with E-state index in [4.69, 9.17) is 19.6 Å². The molecule has 0 bridgehead atoms. The molecule has 1 aliphatic heterocycles. The second-order valence-electron chi connectivity index (χ2n) is 14.5. The maximum atomic E-state index is 13.5. The summed E-state index contributed by atoms with van der Waals surface area (Å²) in [5.74, 6) is 0. The summed E-state index contributed by atoms with van der Waals surface area (Å²) in [6.45, 7) is 17.9. The van der Waals surface area contributed by atoms with E-state index in [1.165, 1.54) is 0 Å². The molecular weight excluding hydrogens is 550 g/mol. The summed E-state index contributed by atoms with van der Waals surface area (Å²) >= 11 is 0. The molecule has 0 saturated carbocycles. The fourth-order valence-corrected chi connectivity index (χ4v) is 5.57. The maximum absolute atomic E-state index is 13.5. The lowest BCUT2D eigenvalue weighted by atomic mass is 9.86. The average Bonchev–Trinajstić information content (AvgIpc) is 3.43. The third-order valence-corrected chi connectivity index (χ3v) is 7.93. The minimum Gasteiger partial charge on any atom is -0.444 e. The molecule has 3 aromatic heterocycles. The zero-order valence-electron chi connectivity index (χ0n) is 27.6. The highest BCUT2D eigenvalue weighted by molar-refractivity contribution is 5.94. The molecule has 8 nitrogen and oxygen atoms in total. The van der Waals surface area contributed by atoms with Crippen molar-refractivity contribution in [3.05, 3.63) is 77.9 Å². The molecule has 1 unspecified atom stereocenters. The largest absolute Gasteiger partial charge is 0.444 e. The first-order valence-electron chi connectivity index (χ1n) is 15.7. The van der Waals surface area contributed by atoms with Crippen LogP contribution < -0.4 is 0 Å². The summed E-state index contributed by atoms with van der Waals surface area (Å²) in [6, 6.07) is 18.4. The van der Waals surface area contributed by atoms with Crippen molar-refractivity contribution in [1.82, 2.24) is 24.6 Å². The van der Waals surface area contributed by atoms with Gasteiger partial charge in [-0.05, 0) is 69.7 Å². The summed E-state index contributed by atoms with van der Waals surface area (Å²) in [6.07, 6.45) is 4.33. The van der Waals surface area contributed by atoms with Gasteiger partial charge >= 0.3 is 6.09 Å². The Balaban J connectivity index is 1.60. The Morgan fingerprint density at radius 1 is 0.977 bits per heavy atom. The van der Waals surface area contributed by atoms with Gasteiger partial charge in [-0.2, -0.15) is 5.10 Å². The second kappa shape index (κ2) is 12.3. The van der Waals surface area contributed by atoms with Gasteiger partial charge in [0.25, 0.3) is 0 Å². The van der Waals surface area contributed by atoms with Gasteiger partial charge in [0.05, 0.1) is 29.3 Å². The van der Waals surface area contributed by atoms with Gasteiger partial charge in [-0.3, -0.25) is 4.98 Å². The van der Waals surface area contributed by atoms with Gasteiger partial charge in [-0.15, -0.1) is 0 Å². The summed E-state index contributed by atoms with van der Waals surface area (Å²) in [5.41, 5.74) is 3.23. The predicted molar refractivity (Wildman–Crippen MR) is 174 cm³/mol. The van der Waals surface area contributed by atoms with Crippen molar-refractivity contribution < 1.29 is 14.3 Å². The topological polar surface area (TPSA) is 82.4 Å². The van der Waals surface area contributed by atoms with E-state index < -0.39 is 11.0 Å². The Bertz CT molecular complexity index is 1590. The fourth-order valence-electron chi connectivity index (χ4n) is 5.57. The molecule has 0 spiro atoms. The molecule has 1 atom stereocenters. The number of hydrogen-bond acceptors (Lipinski definition) is 6. The van der Waals surface area contributed by atoms with Gasteiger partial charge < -0.3 is 14.4 Å². The van der Waals surface area contributed by atoms with Crippen molar-refractivity contribution in [2.75, 3.05) is 13.2 Å². The van der Waals surface area contributed by atoms with Crippen LogP contribution in [0.3, 0.4) is 0 Å². The average molecular weight is 598 g/mol. The lowest BCUT2D eigenvalue weighted by Gasteiger charge is -2.34. The Hall–Kier alpha value is -3.78. The number of rotatable bonds is 7. The fraction of sp³-hybridized carbons (Fsp3) is 0.500. The van der Waals surface area contributed by atoms with Crippen molar-refractivity contribution in [3.63, 3.8) is 0 Å². The number of amides is 1. The van der Waals surface area contributed by atoms with E-state index in [1.807, 2.05) is 39.0 Å². The third-order valence-electron chi connectivity index (χ3n) is 7.93. The number of pyridine rings is 2. The second-order valence-corrected chi connectivity index (χ2v) is 14.5. The van der Waals surface area contributed by atoms with Gasteiger partial charge in [0, 0.05) is 41.3 Å². The van der Waals surface area contributed by atoms with Crippen molar-refractivity contribution in [1.29, 1.82) is 0 Å². The van der Waals surface area contributed by atoms with Crippen LogP contribution in [0.4, 0.5) is 4.79 Å². The van der Waals surface area contributed by atoms with E-state index in [-0.39, 0.29) is 17.7 Å².